The van der Waals surface area contributed by atoms with Gasteiger partial charge in [0.15, 0.2) is 18.1 Å². The first kappa shape index (κ1) is 27.3. The molecule has 0 aliphatic carbocycles. The Kier molecular flexibility index (Phi) is 10.5. The molecule has 0 saturated heterocycles. The maximum Gasteiger partial charge on any atom is 0.329 e. The van der Waals surface area contributed by atoms with E-state index in [1.807, 2.05) is 26.0 Å². The van der Waals surface area contributed by atoms with E-state index in [2.05, 4.69) is 53.0 Å². The number of ether oxygens (including phenoxy) is 2. The van der Waals surface area contributed by atoms with Gasteiger partial charge in [-0.05, 0) is 77.7 Å². The maximum atomic E-state index is 12.3. The third-order valence-electron chi connectivity index (χ3n) is 4.62. The summed E-state index contributed by atoms with van der Waals surface area (Å²) in [5.74, 6) is -1.28. The molecule has 0 radical (unpaired) electrons. The molecule has 0 spiro atoms. The third-order valence-corrected chi connectivity index (χ3v) is 6.10. The molecular formula is C23H26Br2N4O5. The van der Waals surface area contributed by atoms with Gasteiger partial charge in [0.25, 0.3) is 5.91 Å². The van der Waals surface area contributed by atoms with Gasteiger partial charge in [-0.1, -0.05) is 22.9 Å². The zero-order chi connectivity index (χ0) is 25.3. The lowest BCUT2D eigenvalue weighted by atomic mass is 10.2. The van der Waals surface area contributed by atoms with E-state index in [9.17, 15) is 14.4 Å². The Balaban J connectivity index is 2.00. The Labute approximate surface area is 214 Å². The van der Waals surface area contributed by atoms with Crippen molar-refractivity contribution < 1.29 is 23.9 Å². The summed E-state index contributed by atoms with van der Waals surface area (Å²) in [4.78, 5) is 35.9. The molecule has 0 aliphatic rings. The molecule has 2 aromatic rings. The average Bonchev–Trinajstić information content (AvgIpc) is 2.80. The topological polar surface area (TPSA) is 118 Å². The van der Waals surface area contributed by atoms with E-state index in [0.717, 1.165) is 10.0 Å². The van der Waals surface area contributed by atoms with E-state index in [-0.39, 0.29) is 18.6 Å². The summed E-state index contributed by atoms with van der Waals surface area (Å²) < 4.78 is 12.5. The van der Waals surface area contributed by atoms with Crippen molar-refractivity contribution in [3.8, 4) is 11.5 Å². The molecular weight excluding hydrogens is 572 g/mol. The van der Waals surface area contributed by atoms with Gasteiger partial charge in [-0.25, -0.2) is 5.43 Å². The first-order valence-electron chi connectivity index (χ1n) is 10.3. The predicted octanol–water partition coefficient (Wildman–Crippen LogP) is 3.91. The second-order valence-corrected chi connectivity index (χ2v) is 9.03. The van der Waals surface area contributed by atoms with Crippen LogP contribution >= 0.6 is 31.9 Å². The van der Waals surface area contributed by atoms with Gasteiger partial charge in [-0.3, -0.25) is 14.4 Å². The van der Waals surface area contributed by atoms with E-state index >= 15 is 0 Å². The van der Waals surface area contributed by atoms with Crippen molar-refractivity contribution in [3.05, 3.63) is 50.4 Å². The minimum absolute atomic E-state index is 0.115. The van der Waals surface area contributed by atoms with Crippen LogP contribution in [0.1, 0.15) is 31.4 Å². The zero-order valence-electron chi connectivity index (χ0n) is 19.2. The van der Waals surface area contributed by atoms with Gasteiger partial charge < -0.3 is 20.1 Å². The molecule has 34 heavy (non-hydrogen) atoms. The highest BCUT2D eigenvalue weighted by Crippen LogP contribution is 2.36. The first-order valence-corrected chi connectivity index (χ1v) is 11.9. The molecule has 11 heteroatoms. The predicted molar refractivity (Wildman–Crippen MR) is 137 cm³/mol. The van der Waals surface area contributed by atoms with E-state index in [1.165, 1.54) is 13.3 Å². The zero-order valence-corrected chi connectivity index (χ0v) is 22.4. The quantitative estimate of drug-likeness (QED) is 0.230. The maximum absolute atomic E-state index is 12.3. The highest BCUT2D eigenvalue weighted by atomic mass is 79.9. The summed E-state index contributed by atoms with van der Waals surface area (Å²) in [5, 5.41) is 9.14. The van der Waals surface area contributed by atoms with Crippen molar-refractivity contribution in [3.63, 3.8) is 0 Å². The van der Waals surface area contributed by atoms with E-state index in [0.29, 0.717) is 33.6 Å². The molecule has 1 atom stereocenters. The second-order valence-electron chi connectivity index (χ2n) is 7.32. The summed E-state index contributed by atoms with van der Waals surface area (Å²) in [6.07, 6.45) is 2.06. The summed E-state index contributed by atoms with van der Waals surface area (Å²) >= 11 is 6.82. The van der Waals surface area contributed by atoms with Crippen LogP contribution in [0.25, 0.3) is 0 Å². The first-order chi connectivity index (χ1) is 16.1. The molecule has 2 aromatic carbocycles. The number of anilines is 1. The van der Waals surface area contributed by atoms with Crippen molar-refractivity contribution >= 4 is 61.5 Å². The van der Waals surface area contributed by atoms with Crippen molar-refractivity contribution in [2.45, 2.75) is 33.2 Å². The number of methoxy groups -OCH3 is 1. The largest absolute Gasteiger partial charge is 0.493 e. The number of hydrogen-bond donors (Lipinski definition) is 3. The fourth-order valence-electron chi connectivity index (χ4n) is 2.62. The molecule has 3 amide bonds. The number of rotatable bonds is 9. The van der Waals surface area contributed by atoms with Gasteiger partial charge in [0, 0.05) is 16.2 Å². The molecule has 3 N–H and O–H groups in total. The number of aryl methyl sites for hydroxylation is 1. The van der Waals surface area contributed by atoms with Crippen molar-refractivity contribution in [2.24, 2.45) is 5.10 Å². The molecule has 0 aliphatic heterocycles. The molecule has 0 saturated carbocycles. The number of nitrogens with one attached hydrogen (secondary N) is 3. The Morgan fingerprint density at radius 2 is 1.85 bits per heavy atom. The molecule has 9 nitrogen and oxygen atoms in total. The number of benzene rings is 2. The molecule has 182 valence electrons. The van der Waals surface area contributed by atoms with Gasteiger partial charge in [0.2, 0.25) is 0 Å². The van der Waals surface area contributed by atoms with E-state index < -0.39 is 11.8 Å². The minimum Gasteiger partial charge on any atom is -0.493 e. The molecule has 0 aromatic heterocycles. The number of carbonyl (C=O) groups excluding carboxylic acids is 3. The highest BCUT2D eigenvalue weighted by molar-refractivity contribution is 9.10. The van der Waals surface area contributed by atoms with Gasteiger partial charge in [-0.2, -0.15) is 5.10 Å². The van der Waals surface area contributed by atoms with Gasteiger partial charge >= 0.3 is 11.8 Å². The Morgan fingerprint density at radius 1 is 1.12 bits per heavy atom. The normalized spacial score (nSPS) is 11.6. The number of carbonyl (C=O) groups is 3. The van der Waals surface area contributed by atoms with Crippen molar-refractivity contribution in [1.82, 2.24) is 10.7 Å². The average molecular weight is 598 g/mol. The lowest BCUT2D eigenvalue weighted by molar-refractivity contribution is -0.139. The van der Waals surface area contributed by atoms with Gasteiger partial charge in [-0.15, -0.1) is 0 Å². The lowest BCUT2D eigenvalue weighted by Gasteiger charge is -2.14. The van der Waals surface area contributed by atoms with Crippen LogP contribution in [0.5, 0.6) is 11.5 Å². The van der Waals surface area contributed by atoms with Crippen LogP contribution in [0, 0.1) is 6.92 Å². The Morgan fingerprint density at radius 3 is 2.50 bits per heavy atom. The van der Waals surface area contributed by atoms with Crippen molar-refractivity contribution in [2.75, 3.05) is 19.0 Å². The van der Waals surface area contributed by atoms with Crippen LogP contribution in [0.15, 0.2) is 44.4 Å². The van der Waals surface area contributed by atoms with Crippen LogP contribution in [0.4, 0.5) is 5.69 Å². The third kappa shape index (κ3) is 8.14. The molecule has 2 rings (SSSR count). The summed E-state index contributed by atoms with van der Waals surface area (Å²) in [6, 6.07) is 8.65. The molecule has 0 fully saturated rings. The SMILES string of the molecule is CC[C@@H](C)NC(=O)C(=O)N/N=C\c1cc(Br)c(OCC(=O)Nc2ccc(Br)c(C)c2)c(OC)c1. The van der Waals surface area contributed by atoms with E-state index in [4.69, 9.17) is 9.47 Å². The van der Waals surface area contributed by atoms with Crippen molar-refractivity contribution in [1.29, 1.82) is 0 Å². The summed E-state index contributed by atoms with van der Waals surface area (Å²) in [6.45, 7) is 5.39. The smallest absolute Gasteiger partial charge is 0.329 e. The van der Waals surface area contributed by atoms with Crippen LogP contribution in [0.2, 0.25) is 0 Å². The van der Waals surface area contributed by atoms with Crippen LogP contribution in [-0.2, 0) is 14.4 Å². The molecule has 0 bridgehead atoms. The second kappa shape index (κ2) is 13.1. The van der Waals surface area contributed by atoms with E-state index in [1.54, 1.807) is 25.1 Å². The van der Waals surface area contributed by atoms with Crippen LogP contribution in [0.3, 0.4) is 0 Å². The van der Waals surface area contributed by atoms with Gasteiger partial charge in [0.1, 0.15) is 0 Å². The number of hydrogen-bond acceptors (Lipinski definition) is 6. The summed E-state index contributed by atoms with van der Waals surface area (Å²) in [5.41, 5.74) is 4.39. The monoisotopic (exact) mass is 596 g/mol. The Bertz CT molecular complexity index is 1090. The standard InChI is InChI=1S/C23H26Br2N4O5/c1-5-14(3)27-22(31)23(32)29-26-11-15-9-18(25)21(19(10-15)33-4)34-12-20(30)28-16-6-7-17(24)13(2)8-16/h6-11,14H,5,12H2,1-4H3,(H,27,31)(H,28,30)(H,29,32)/b26-11-/t14-/m1/s1. The lowest BCUT2D eigenvalue weighted by Crippen LogP contribution is -2.41. The van der Waals surface area contributed by atoms with Crippen LogP contribution < -0.4 is 25.5 Å². The highest BCUT2D eigenvalue weighted by Gasteiger charge is 2.15. The number of amides is 3. The molecule has 0 heterocycles. The molecule has 0 unspecified atom stereocenters. The van der Waals surface area contributed by atoms with Gasteiger partial charge in [0.05, 0.1) is 17.8 Å². The summed E-state index contributed by atoms with van der Waals surface area (Å²) in [7, 11) is 1.46. The van der Waals surface area contributed by atoms with Crippen LogP contribution in [-0.4, -0.2) is 43.7 Å². The number of halogens is 2. The fraction of sp³-hybridized carbons (Fsp3) is 0.304. The Hall–Kier alpha value is -2.92. The number of hydrazone groups is 1. The fourth-order valence-corrected chi connectivity index (χ4v) is 3.44. The minimum atomic E-state index is -0.866. The number of nitrogens with zero attached hydrogens (tertiary/aromatic N) is 1.